The highest BCUT2D eigenvalue weighted by Crippen LogP contribution is 2.27. The number of nitrogens with one attached hydrogen (secondary N) is 1. The van der Waals surface area contributed by atoms with Crippen LogP contribution in [0.25, 0.3) is 0 Å². The Bertz CT molecular complexity index is 598. The topological polar surface area (TPSA) is 145 Å². The van der Waals surface area contributed by atoms with Crippen molar-refractivity contribution in [3.05, 3.63) is 32.9 Å². The van der Waals surface area contributed by atoms with Gasteiger partial charge in [0.25, 0.3) is 5.56 Å². The van der Waals surface area contributed by atoms with Crippen molar-refractivity contribution in [2.75, 3.05) is 6.61 Å². The van der Waals surface area contributed by atoms with Gasteiger partial charge in [-0.3, -0.25) is 14.3 Å². The molecule has 0 aliphatic carbocycles. The third-order valence-electron chi connectivity index (χ3n) is 3.07. The molecule has 10 heteroatoms. The van der Waals surface area contributed by atoms with E-state index in [9.17, 15) is 29.3 Å². The Balaban J connectivity index is 2.44. The van der Waals surface area contributed by atoms with Crippen molar-refractivity contribution in [2.24, 2.45) is 0 Å². The molecule has 0 unspecified atom stereocenters. The maximum Gasteiger partial charge on any atom is 0.330 e. The minimum Gasteiger partial charge on any atom is -0.394 e. The molecule has 0 spiro atoms. The van der Waals surface area contributed by atoms with Crippen molar-refractivity contribution in [3.8, 4) is 0 Å². The fraction of sp³-hybridized carbons (Fsp3) is 0.600. The van der Waals surface area contributed by atoms with Crippen LogP contribution in [-0.2, 0) is 4.74 Å². The number of halogens is 1. The van der Waals surface area contributed by atoms with Crippen LogP contribution in [0.15, 0.2) is 15.8 Å². The van der Waals surface area contributed by atoms with Gasteiger partial charge in [0, 0.05) is 0 Å². The van der Waals surface area contributed by atoms with Gasteiger partial charge in [-0.25, -0.2) is 4.79 Å². The molecular formula is C10H13FN2O7. The van der Waals surface area contributed by atoms with Crippen molar-refractivity contribution in [1.29, 1.82) is 0 Å². The van der Waals surface area contributed by atoms with Gasteiger partial charge in [0.1, 0.15) is 24.4 Å². The molecule has 20 heavy (non-hydrogen) atoms. The van der Waals surface area contributed by atoms with Gasteiger partial charge >= 0.3 is 5.69 Å². The fourth-order valence-corrected chi connectivity index (χ4v) is 1.96. The van der Waals surface area contributed by atoms with E-state index in [4.69, 9.17) is 9.84 Å². The maximum absolute atomic E-state index is 13.2. The van der Waals surface area contributed by atoms with Crippen LogP contribution in [0.4, 0.5) is 4.39 Å². The highest BCUT2D eigenvalue weighted by atomic mass is 19.1. The number of ether oxygens (including phenoxy) is 1. The first-order valence-corrected chi connectivity index (χ1v) is 5.68. The van der Waals surface area contributed by atoms with Crippen LogP contribution in [-0.4, -0.2) is 61.0 Å². The highest BCUT2D eigenvalue weighted by Gasteiger charge is 2.44. The normalized spacial score (nSPS) is 34.1. The smallest absolute Gasteiger partial charge is 0.330 e. The summed E-state index contributed by atoms with van der Waals surface area (Å²) in [7, 11) is 0. The molecule has 1 aromatic rings. The zero-order valence-corrected chi connectivity index (χ0v) is 10.0. The summed E-state index contributed by atoms with van der Waals surface area (Å²) >= 11 is 0. The lowest BCUT2D eigenvalue weighted by Crippen LogP contribution is -2.58. The first kappa shape index (κ1) is 14.8. The molecule has 5 N–H and O–H groups in total. The van der Waals surface area contributed by atoms with Gasteiger partial charge in [-0.1, -0.05) is 0 Å². The molecule has 5 atom stereocenters. The second kappa shape index (κ2) is 5.42. The second-order valence-corrected chi connectivity index (χ2v) is 4.36. The van der Waals surface area contributed by atoms with Gasteiger partial charge in [0.15, 0.2) is 6.23 Å². The summed E-state index contributed by atoms with van der Waals surface area (Å²) in [6, 6.07) is 0. The van der Waals surface area contributed by atoms with E-state index < -0.39 is 54.3 Å². The lowest BCUT2D eigenvalue weighted by molar-refractivity contribution is -0.252. The van der Waals surface area contributed by atoms with E-state index >= 15 is 0 Å². The molecule has 112 valence electrons. The Hall–Kier alpha value is -1.59. The summed E-state index contributed by atoms with van der Waals surface area (Å²) in [6.07, 6.45) is -7.38. The largest absolute Gasteiger partial charge is 0.394 e. The number of aliphatic hydroxyl groups excluding tert-OH is 4. The second-order valence-electron chi connectivity index (χ2n) is 4.36. The fourth-order valence-electron chi connectivity index (χ4n) is 1.96. The molecule has 9 nitrogen and oxygen atoms in total. The number of hydrogen-bond acceptors (Lipinski definition) is 7. The maximum atomic E-state index is 13.2. The number of H-pyrrole nitrogens is 1. The van der Waals surface area contributed by atoms with Gasteiger partial charge in [-0.05, 0) is 0 Å². The molecule has 0 radical (unpaired) electrons. The van der Waals surface area contributed by atoms with Crippen molar-refractivity contribution < 1.29 is 29.6 Å². The zero-order valence-electron chi connectivity index (χ0n) is 10.0. The number of aromatic nitrogens is 2. The molecule has 1 aliphatic rings. The Morgan fingerprint density at radius 2 is 1.90 bits per heavy atom. The highest BCUT2D eigenvalue weighted by molar-refractivity contribution is 4.95. The quantitative estimate of drug-likeness (QED) is 0.383. The third kappa shape index (κ3) is 2.39. The average Bonchev–Trinajstić information content (AvgIpc) is 2.41. The minimum atomic E-state index is -1.75. The van der Waals surface area contributed by atoms with Crippen LogP contribution in [0.5, 0.6) is 0 Å². The monoisotopic (exact) mass is 292 g/mol. The lowest BCUT2D eigenvalue weighted by Gasteiger charge is -2.40. The predicted molar refractivity (Wildman–Crippen MR) is 60.3 cm³/mol. The first-order chi connectivity index (χ1) is 9.36. The van der Waals surface area contributed by atoms with Crippen LogP contribution < -0.4 is 11.2 Å². The molecule has 2 heterocycles. The van der Waals surface area contributed by atoms with Crippen molar-refractivity contribution in [3.63, 3.8) is 0 Å². The molecule has 0 saturated carbocycles. The van der Waals surface area contributed by atoms with Gasteiger partial charge in [-0.2, -0.15) is 4.39 Å². The zero-order chi connectivity index (χ0) is 15.0. The molecule has 1 saturated heterocycles. The van der Waals surface area contributed by atoms with Crippen LogP contribution in [0.1, 0.15) is 6.23 Å². The number of rotatable bonds is 2. The predicted octanol–water partition coefficient (Wildman–Crippen LogP) is -3.35. The van der Waals surface area contributed by atoms with E-state index in [-0.39, 0.29) is 0 Å². The van der Waals surface area contributed by atoms with Crippen LogP contribution in [0.3, 0.4) is 0 Å². The van der Waals surface area contributed by atoms with Crippen molar-refractivity contribution >= 4 is 0 Å². The Morgan fingerprint density at radius 1 is 1.25 bits per heavy atom. The SMILES string of the molecule is O=c1[nH]c(=O)n([C@H]2O[C@@H](CO)[C@@H](O)[C@@H](O)[C@@H]2O)cc1F. The van der Waals surface area contributed by atoms with Crippen molar-refractivity contribution in [2.45, 2.75) is 30.6 Å². The van der Waals surface area contributed by atoms with Gasteiger partial charge in [-0.15, -0.1) is 0 Å². The summed E-state index contributed by atoms with van der Waals surface area (Å²) in [5, 5.41) is 37.9. The first-order valence-electron chi connectivity index (χ1n) is 5.68. The lowest BCUT2D eigenvalue weighted by atomic mass is 9.98. The molecule has 1 fully saturated rings. The number of nitrogens with zero attached hydrogens (tertiary/aromatic N) is 1. The van der Waals surface area contributed by atoms with Gasteiger partial charge < -0.3 is 25.2 Å². The van der Waals surface area contributed by atoms with E-state index in [2.05, 4.69) is 0 Å². The third-order valence-corrected chi connectivity index (χ3v) is 3.07. The van der Waals surface area contributed by atoms with Gasteiger partial charge in [0.05, 0.1) is 12.8 Å². The standard InChI is InChI=1S/C10H13FN2O7/c11-3-1-13(10(19)12-8(3)18)9-7(17)6(16)5(15)4(2-14)20-9/h1,4-7,9,14-17H,2H2,(H,12,18,19)/t4-,5+,6+,7-,9-/m0/s1. The molecule has 1 aromatic heterocycles. The summed E-state index contributed by atoms with van der Waals surface area (Å²) in [4.78, 5) is 24.1. The molecule has 0 amide bonds. The molecule has 2 rings (SSSR count). The number of aromatic amines is 1. The molecular weight excluding hydrogens is 279 g/mol. The Morgan fingerprint density at radius 3 is 2.50 bits per heavy atom. The van der Waals surface area contributed by atoms with E-state index in [0.29, 0.717) is 10.8 Å². The number of aliphatic hydroxyl groups is 4. The average molecular weight is 292 g/mol. The molecule has 0 bridgehead atoms. The van der Waals surface area contributed by atoms with E-state index in [0.717, 1.165) is 0 Å². The molecule has 0 aromatic carbocycles. The summed E-state index contributed by atoms with van der Waals surface area (Å²) in [5.74, 6) is -1.29. The van der Waals surface area contributed by atoms with E-state index in [1.165, 1.54) is 0 Å². The minimum absolute atomic E-state index is 0.508. The van der Waals surface area contributed by atoms with Gasteiger partial charge in [0.2, 0.25) is 5.82 Å². The Kier molecular flexibility index (Phi) is 4.01. The van der Waals surface area contributed by atoms with E-state index in [1.54, 1.807) is 4.98 Å². The van der Waals surface area contributed by atoms with E-state index in [1.807, 2.05) is 0 Å². The number of hydrogen-bond donors (Lipinski definition) is 5. The van der Waals surface area contributed by atoms with Crippen molar-refractivity contribution in [1.82, 2.24) is 9.55 Å². The Labute approximate surface area is 110 Å². The van der Waals surface area contributed by atoms with Crippen LogP contribution in [0, 0.1) is 5.82 Å². The summed E-state index contributed by atoms with van der Waals surface area (Å²) in [6.45, 7) is -0.692. The summed E-state index contributed by atoms with van der Waals surface area (Å²) in [5.41, 5.74) is -2.31. The van der Waals surface area contributed by atoms with Crippen LogP contribution in [0.2, 0.25) is 0 Å². The summed E-state index contributed by atoms with van der Waals surface area (Å²) < 4.78 is 18.8. The van der Waals surface area contributed by atoms with Crippen LogP contribution >= 0.6 is 0 Å². The molecule has 1 aliphatic heterocycles.